The van der Waals surface area contributed by atoms with Gasteiger partial charge in [-0.1, -0.05) is 20.8 Å². The van der Waals surface area contributed by atoms with Gasteiger partial charge in [-0.25, -0.2) is 0 Å². The van der Waals surface area contributed by atoms with Gasteiger partial charge in [-0.15, -0.1) is 0 Å². The zero-order valence-electron chi connectivity index (χ0n) is 13.5. The van der Waals surface area contributed by atoms with E-state index in [1.165, 1.54) is 0 Å². The van der Waals surface area contributed by atoms with Crippen LogP contribution in [0.2, 0.25) is 0 Å². The first kappa shape index (κ1) is 15.3. The summed E-state index contributed by atoms with van der Waals surface area (Å²) in [5.41, 5.74) is -0.398. The number of hydrogen-bond donors (Lipinski definition) is 1. The zero-order chi connectivity index (χ0) is 15.1. The lowest BCUT2D eigenvalue weighted by Gasteiger charge is -2.49. The average Bonchev–Trinajstić information content (AvgIpc) is 2.33. The molecule has 0 aromatic rings. The molecule has 4 heteroatoms. The maximum Gasteiger partial charge on any atom is 0.248 e. The predicted octanol–water partition coefficient (Wildman–Crippen LogP) is 2.47. The van der Waals surface area contributed by atoms with Gasteiger partial charge in [-0.2, -0.15) is 0 Å². The van der Waals surface area contributed by atoms with Crippen molar-refractivity contribution in [3.05, 3.63) is 0 Å². The summed E-state index contributed by atoms with van der Waals surface area (Å²) in [5.74, 6) is 0.0792. The van der Waals surface area contributed by atoms with E-state index in [9.17, 15) is 9.59 Å². The van der Waals surface area contributed by atoms with Gasteiger partial charge in [-0.3, -0.25) is 9.59 Å². The number of amides is 2. The summed E-state index contributed by atoms with van der Waals surface area (Å²) in [6.07, 6.45) is 4.96. The highest BCUT2D eigenvalue weighted by Gasteiger charge is 2.47. The van der Waals surface area contributed by atoms with Crippen LogP contribution in [0.15, 0.2) is 0 Å². The van der Waals surface area contributed by atoms with Crippen molar-refractivity contribution in [3.63, 3.8) is 0 Å². The lowest BCUT2D eigenvalue weighted by molar-refractivity contribution is -0.158. The molecule has 0 radical (unpaired) electrons. The summed E-state index contributed by atoms with van der Waals surface area (Å²) in [4.78, 5) is 26.9. The van der Waals surface area contributed by atoms with E-state index in [2.05, 4.69) is 19.2 Å². The Morgan fingerprint density at radius 2 is 1.70 bits per heavy atom. The van der Waals surface area contributed by atoms with Crippen LogP contribution in [0.5, 0.6) is 0 Å². The fraction of sp³-hybridized carbons (Fsp3) is 0.875. The van der Waals surface area contributed by atoms with Gasteiger partial charge in [0.15, 0.2) is 0 Å². The Kier molecular flexibility index (Phi) is 3.87. The highest BCUT2D eigenvalue weighted by Crippen LogP contribution is 2.38. The first-order valence-electron chi connectivity index (χ1n) is 7.83. The molecule has 114 valence electrons. The second kappa shape index (κ2) is 5.05. The molecule has 0 aromatic carbocycles. The SMILES string of the molecule is CCC1C(=O)NC(C)(C)C(=O)N1C1CCC(C)(C)CC1. The third-order valence-electron chi connectivity index (χ3n) is 4.93. The second-order valence-corrected chi connectivity index (χ2v) is 7.65. The van der Waals surface area contributed by atoms with E-state index in [4.69, 9.17) is 0 Å². The lowest BCUT2D eigenvalue weighted by atomic mass is 9.74. The van der Waals surface area contributed by atoms with E-state index >= 15 is 0 Å². The zero-order valence-corrected chi connectivity index (χ0v) is 13.5. The number of carbonyl (C=O) groups is 2. The Labute approximate surface area is 122 Å². The molecule has 0 bridgehead atoms. The Hall–Kier alpha value is -1.06. The number of rotatable bonds is 2. The molecule has 2 aliphatic rings. The highest BCUT2D eigenvalue weighted by atomic mass is 16.2. The average molecular weight is 280 g/mol. The topological polar surface area (TPSA) is 49.4 Å². The third-order valence-corrected chi connectivity index (χ3v) is 4.93. The summed E-state index contributed by atoms with van der Waals surface area (Å²) in [5, 5.41) is 2.86. The minimum absolute atomic E-state index is 0.00179. The highest BCUT2D eigenvalue weighted by molar-refractivity contribution is 5.99. The van der Waals surface area contributed by atoms with Crippen LogP contribution < -0.4 is 5.32 Å². The molecular weight excluding hydrogens is 252 g/mol. The van der Waals surface area contributed by atoms with Gasteiger partial charge in [0.2, 0.25) is 11.8 Å². The van der Waals surface area contributed by atoms with Crippen molar-refractivity contribution in [1.82, 2.24) is 10.2 Å². The van der Waals surface area contributed by atoms with Crippen molar-refractivity contribution in [1.29, 1.82) is 0 Å². The second-order valence-electron chi connectivity index (χ2n) is 7.65. The van der Waals surface area contributed by atoms with Gasteiger partial charge in [0.25, 0.3) is 0 Å². The molecule has 1 unspecified atom stereocenters. The molecule has 0 spiro atoms. The molecule has 1 aliphatic heterocycles. The molecule has 2 amide bonds. The number of hydrogen-bond acceptors (Lipinski definition) is 2. The van der Waals surface area contributed by atoms with Crippen molar-refractivity contribution in [2.45, 2.75) is 84.3 Å². The summed E-state index contributed by atoms with van der Waals surface area (Å²) >= 11 is 0. The van der Waals surface area contributed by atoms with E-state index in [1.54, 1.807) is 13.8 Å². The predicted molar refractivity (Wildman–Crippen MR) is 79.2 cm³/mol. The van der Waals surface area contributed by atoms with E-state index in [0.717, 1.165) is 25.7 Å². The molecular formula is C16H28N2O2. The molecule has 20 heavy (non-hydrogen) atoms. The van der Waals surface area contributed by atoms with Crippen molar-refractivity contribution in [2.75, 3.05) is 0 Å². The minimum Gasteiger partial charge on any atom is -0.340 e. The van der Waals surface area contributed by atoms with Crippen molar-refractivity contribution >= 4 is 11.8 Å². The van der Waals surface area contributed by atoms with Gasteiger partial charge in [0, 0.05) is 6.04 Å². The molecule has 2 fully saturated rings. The number of nitrogens with zero attached hydrogens (tertiary/aromatic N) is 1. The van der Waals surface area contributed by atoms with E-state index in [0.29, 0.717) is 11.8 Å². The Morgan fingerprint density at radius 1 is 1.15 bits per heavy atom. The number of carbonyl (C=O) groups excluding carboxylic acids is 2. The molecule has 4 nitrogen and oxygen atoms in total. The summed E-state index contributed by atoms with van der Waals surface area (Å²) in [6, 6.07) is -0.0625. The van der Waals surface area contributed by atoms with Crippen molar-refractivity contribution in [3.8, 4) is 0 Å². The smallest absolute Gasteiger partial charge is 0.248 e. The Balaban J connectivity index is 2.22. The monoisotopic (exact) mass is 280 g/mol. The molecule has 1 saturated heterocycles. The van der Waals surface area contributed by atoms with E-state index < -0.39 is 5.54 Å². The van der Waals surface area contributed by atoms with Crippen molar-refractivity contribution < 1.29 is 9.59 Å². The van der Waals surface area contributed by atoms with Gasteiger partial charge in [0.05, 0.1) is 0 Å². The van der Waals surface area contributed by atoms with Crippen LogP contribution in [-0.2, 0) is 9.59 Å². The van der Waals surface area contributed by atoms with Crippen LogP contribution >= 0.6 is 0 Å². The summed E-state index contributed by atoms with van der Waals surface area (Å²) in [6.45, 7) is 10.2. The fourth-order valence-corrected chi connectivity index (χ4v) is 3.50. The standard InChI is InChI=1S/C16H28N2O2/c1-6-12-13(19)17-16(4,5)14(20)18(12)11-7-9-15(2,3)10-8-11/h11-12H,6-10H2,1-5H3,(H,17,19). The quantitative estimate of drug-likeness (QED) is 0.844. The van der Waals surface area contributed by atoms with Crippen LogP contribution in [0.25, 0.3) is 0 Å². The van der Waals surface area contributed by atoms with Crippen LogP contribution in [-0.4, -0.2) is 34.3 Å². The van der Waals surface area contributed by atoms with Gasteiger partial charge in [-0.05, 0) is 51.4 Å². The molecule has 1 N–H and O–H groups in total. The number of nitrogens with one attached hydrogen (secondary N) is 1. The van der Waals surface area contributed by atoms with Gasteiger partial charge >= 0.3 is 0 Å². The van der Waals surface area contributed by atoms with Gasteiger partial charge < -0.3 is 10.2 Å². The molecule has 1 heterocycles. The third kappa shape index (κ3) is 2.70. The molecule has 1 aliphatic carbocycles. The molecule has 1 atom stereocenters. The largest absolute Gasteiger partial charge is 0.340 e. The first-order chi connectivity index (χ1) is 9.18. The van der Waals surface area contributed by atoms with Crippen LogP contribution in [0.3, 0.4) is 0 Å². The van der Waals surface area contributed by atoms with E-state index in [1.807, 2.05) is 11.8 Å². The van der Waals surface area contributed by atoms with Crippen LogP contribution in [0, 0.1) is 5.41 Å². The lowest BCUT2D eigenvalue weighted by Crippen LogP contribution is -2.70. The fourth-order valence-electron chi connectivity index (χ4n) is 3.50. The van der Waals surface area contributed by atoms with Crippen LogP contribution in [0.4, 0.5) is 0 Å². The Bertz CT molecular complexity index is 405. The minimum atomic E-state index is -0.768. The summed E-state index contributed by atoms with van der Waals surface area (Å²) < 4.78 is 0. The van der Waals surface area contributed by atoms with Crippen molar-refractivity contribution in [2.24, 2.45) is 5.41 Å². The normalized spacial score (nSPS) is 30.2. The molecule has 1 saturated carbocycles. The maximum absolute atomic E-state index is 12.7. The Morgan fingerprint density at radius 3 is 2.20 bits per heavy atom. The first-order valence-corrected chi connectivity index (χ1v) is 7.83. The van der Waals surface area contributed by atoms with E-state index in [-0.39, 0.29) is 23.9 Å². The number of piperazine rings is 1. The summed E-state index contributed by atoms with van der Waals surface area (Å²) in [7, 11) is 0. The maximum atomic E-state index is 12.7. The van der Waals surface area contributed by atoms with Crippen LogP contribution in [0.1, 0.15) is 66.7 Å². The molecule has 0 aromatic heterocycles. The van der Waals surface area contributed by atoms with Gasteiger partial charge in [0.1, 0.15) is 11.6 Å². The molecule has 2 rings (SSSR count).